The van der Waals surface area contributed by atoms with Gasteiger partial charge in [0.05, 0.1) is 16.5 Å². The summed E-state index contributed by atoms with van der Waals surface area (Å²) in [5.74, 6) is 0.301. The van der Waals surface area contributed by atoms with Gasteiger partial charge >= 0.3 is 0 Å². The van der Waals surface area contributed by atoms with Crippen molar-refractivity contribution in [3.05, 3.63) is 63.7 Å². The Morgan fingerprint density at radius 1 is 1.30 bits per heavy atom. The number of anilines is 1. The van der Waals surface area contributed by atoms with Gasteiger partial charge in [-0.3, -0.25) is 14.9 Å². The number of hydrogen-bond acceptors (Lipinski definition) is 4. The lowest BCUT2D eigenvalue weighted by molar-refractivity contribution is -0.384. The number of carbonyl (C=O) groups excluding carboxylic acids is 1. The Hall–Kier alpha value is -2.89. The third-order valence-electron chi connectivity index (χ3n) is 3.94. The number of fused-ring (bicyclic) bond motifs is 1. The van der Waals surface area contributed by atoms with E-state index in [0.717, 1.165) is 16.9 Å². The molecule has 0 aliphatic carbocycles. The van der Waals surface area contributed by atoms with Crippen LogP contribution in [0, 0.1) is 23.0 Å². The fourth-order valence-electron chi connectivity index (χ4n) is 2.59. The van der Waals surface area contributed by atoms with Crippen molar-refractivity contribution in [2.24, 2.45) is 5.92 Å². The van der Waals surface area contributed by atoms with Gasteiger partial charge < -0.3 is 10.1 Å². The third kappa shape index (κ3) is 3.15. The lowest BCUT2D eigenvalue weighted by Crippen LogP contribution is -2.32. The Kier molecular flexibility index (Phi) is 3.97. The third-order valence-corrected chi connectivity index (χ3v) is 3.94. The van der Waals surface area contributed by atoms with E-state index in [1.54, 1.807) is 13.0 Å². The zero-order valence-corrected chi connectivity index (χ0v) is 12.6. The van der Waals surface area contributed by atoms with Crippen molar-refractivity contribution in [1.29, 1.82) is 0 Å². The number of aryl methyl sites for hydroxylation is 1. The van der Waals surface area contributed by atoms with Crippen LogP contribution in [0.2, 0.25) is 0 Å². The molecule has 0 saturated heterocycles. The summed E-state index contributed by atoms with van der Waals surface area (Å²) in [5, 5.41) is 13.6. The summed E-state index contributed by atoms with van der Waals surface area (Å²) in [6.45, 7) is 2.10. The highest BCUT2D eigenvalue weighted by atomic mass is 16.6. The van der Waals surface area contributed by atoms with Gasteiger partial charge in [0.1, 0.15) is 12.4 Å². The molecule has 0 aromatic heterocycles. The molecule has 0 radical (unpaired) electrons. The molecule has 2 aromatic carbocycles. The zero-order valence-electron chi connectivity index (χ0n) is 12.6. The highest BCUT2D eigenvalue weighted by Gasteiger charge is 2.26. The van der Waals surface area contributed by atoms with Crippen LogP contribution in [0.3, 0.4) is 0 Å². The minimum Gasteiger partial charge on any atom is -0.492 e. The molecule has 1 unspecified atom stereocenters. The maximum absolute atomic E-state index is 12.4. The molecule has 2 aromatic rings. The van der Waals surface area contributed by atoms with Gasteiger partial charge in [0.15, 0.2) is 0 Å². The first-order chi connectivity index (χ1) is 11.0. The topological polar surface area (TPSA) is 81.5 Å². The Labute approximate surface area is 133 Å². The molecule has 1 atom stereocenters. The fraction of sp³-hybridized carbons (Fsp3) is 0.235. The fourth-order valence-corrected chi connectivity index (χ4v) is 2.59. The molecule has 118 valence electrons. The SMILES string of the molecule is Cc1ccc([N+](=O)[O-])cc1NC(=O)C1COc2ccccc2C1. The molecule has 6 nitrogen and oxygen atoms in total. The van der Waals surface area contributed by atoms with E-state index in [4.69, 9.17) is 4.74 Å². The van der Waals surface area contributed by atoms with E-state index in [1.165, 1.54) is 12.1 Å². The monoisotopic (exact) mass is 312 g/mol. The second-order valence-corrected chi connectivity index (χ2v) is 5.57. The summed E-state index contributed by atoms with van der Waals surface area (Å²) in [6.07, 6.45) is 0.593. The molecular weight excluding hydrogens is 296 g/mol. The molecule has 1 N–H and O–H groups in total. The number of benzene rings is 2. The molecule has 6 heteroatoms. The lowest BCUT2D eigenvalue weighted by atomic mass is 9.96. The van der Waals surface area contributed by atoms with E-state index < -0.39 is 4.92 Å². The van der Waals surface area contributed by atoms with E-state index >= 15 is 0 Å². The van der Waals surface area contributed by atoms with Gasteiger partial charge in [-0.25, -0.2) is 0 Å². The molecule has 0 bridgehead atoms. The standard InChI is InChI=1S/C17H16N2O4/c1-11-6-7-14(19(21)22)9-15(11)18-17(20)13-8-12-4-2-3-5-16(12)23-10-13/h2-7,9,13H,8,10H2,1H3,(H,18,20). The minimum absolute atomic E-state index is 0.0452. The van der Waals surface area contributed by atoms with Crippen LogP contribution >= 0.6 is 0 Å². The molecule has 0 saturated carbocycles. The van der Waals surface area contributed by atoms with Crippen LogP contribution in [0.15, 0.2) is 42.5 Å². The van der Waals surface area contributed by atoms with Gasteiger partial charge in [0, 0.05) is 12.1 Å². The van der Waals surface area contributed by atoms with Gasteiger partial charge in [0.25, 0.3) is 5.69 Å². The van der Waals surface area contributed by atoms with Crippen molar-refractivity contribution in [2.45, 2.75) is 13.3 Å². The number of non-ortho nitro benzene ring substituents is 1. The molecule has 0 fully saturated rings. The van der Waals surface area contributed by atoms with Gasteiger partial charge in [-0.2, -0.15) is 0 Å². The highest BCUT2D eigenvalue weighted by molar-refractivity contribution is 5.94. The second kappa shape index (κ2) is 6.08. The smallest absolute Gasteiger partial charge is 0.271 e. The molecule has 1 heterocycles. The number of nitrogens with zero attached hydrogens (tertiary/aromatic N) is 1. The average Bonchev–Trinajstić information content (AvgIpc) is 2.56. The van der Waals surface area contributed by atoms with E-state index in [9.17, 15) is 14.9 Å². The Bertz CT molecular complexity index is 773. The van der Waals surface area contributed by atoms with Crippen LogP contribution in [0.25, 0.3) is 0 Å². The molecule has 1 aliphatic rings. The van der Waals surface area contributed by atoms with E-state index in [1.807, 2.05) is 24.3 Å². The second-order valence-electron chi connectivity index (χ2n) is 5.57. The number of nitrogens with one attached hydrogen (secondary N) is 1. The summed E-state index contributed by atoms with van der Waals surface area (Å²) in [6, 6.07) is 12.1. The summed E-state index contributed by atoms with van der Waals surface area (Å²) in [4.78, 5) is 22.8. The molecule has 1 aliphatic heterocycles. The maximum atomic E-state index is 12.4. The molecular formula is C17H16N2O4. The number of ether oxygens (including phenoxy) is 1. The first kappa shape index (κ1) is 15.0. The van der Waals surface area contributed by atoms with Crippen LogP contribution in [-0.4, -0.2) is 17.4 Å². The number of para-hydroxylation sites is 1. The molecule has 1 amide bonds. The van der Waals surface area contributed by atoms with Gasteiger partial charge in [0.2, 0.25) is 5.91 Å². The predicted molar refractivity (Wildman–Crippen MR) is 85.6 cm³/mol. The molecule has 23 heavy (non-hydrogen) atoms. The Morgan fingerprint density at radius 2 is 2.09 bits per heavy atom. The van der Waals surface area contributed by atoms with Crippen molar-refractivity contribution < 1.29 is 14.5 Å². The summed E-state index contributed by atoms with van der Waals surface area (Å²) < 4.78 is 5.62. The van der Waals surface area contributed by atoms with Crippen molar-refractivity contribution in [2.75, 3.05) is 11.9 Å². The van der Waals surface area contributed by atoms with Gasteiger partial charge in [-0.15, -0.1) is 0 Å². The number of nitro benzene ring substituents is 1. The largest absolute Gasteiger partial charge is 0.492 e. The Morgan fingerprint density at radius 3 is 2.87 bits per heavy atom. The van der Waals surface area contributed by atoms with E-state index in [2.05, 4.69) is 5.32 Å². The van der Waals surface area contributed by atoms with Gasteiger partial charge in [-0.05, 0) is 30.5 Å². The van der Waals surface area contributed by atoms with Crippen LogP contribution in [-0.2, 0) is 11.2 Å². The summed E-state index contributed by atoms with van der Waals surface area (Å²) in [5.41, 5.74) is 2.19. The number of carbonyl (C=O) groups is 1. The van der Waals surface area contributed by atoms with Gasteiger partial charge in [-0.1, -0.05) is 24.3 Å². The quantitative estimate of drug-likeness (QED) is 0.697. The predicted octanol–water partition coefficient (Wildman–Crippen LogP) is 3.09. The van der Waals surface area contributed by atoms with E-state index in [-0.39, 0.29) is 17.5 Å². The Balaban J connectivity index is 1.75. The number of rotatable bonds is 3. The molecule has 3 rings (SSSR count). The van der Waals surface area contributed by atoms with Crippen molar-refractivity contribution in [1.82, 2.24) is 0 Å². The summed E-state index contributed by atoms with van der Waals surface area (Å²) in [7, 11) is 0. The molecule has 0 spiro atoms. The first-order valence-electron chi connectivity index (χ1n) is 7.31. The lowest BCUT2D eigenvalue weighted by Gasteiger charge is -2.24. The van der Waals surface area contributed by atoms with Crippen LogP contribution in [0.1, 0.15) is 11.1 Å². The van der Waals surface area contributed by atoms with Crippen molar-refractivity contribution >= 4 is 17.3 Å². The normalized spacial score (nSPS) is 16.1. The highest BCUT2D eigenvalue weighted by Crippen LogP contribution is 2.28. The van der Waals surface area contributed by atoms with Crippen molar-refractivity contribution in [3.8, 4) is 5.75 Å². The number of hydrogen-bond donors (Lipinski definition) is 1. The van der Waals surface area contributed by atoms with Crippen LogP contribution in [0.5, 0.6) is 5.75 Å². The first-order valence-corrected chi connectivity index (χ1v) is 7.31. The number of nitro groups is 1. The van der Waals surface area contributed by atoms with E-state index in [0.29, 0.717) is 18.7 Å². The number of amides is 1. The van der Waals surface area contributed by atoms with Crippen molar-refractivity contribution in [3.63, 3.8) is 0 Å². The minimum atomic E-state index is -0.477. The van der Waals surface area contributed by atoms with Crippen LogP contribution in [0.4, 0.5) is 11.4 Å². The summed E-state index contributed by atoms with van der Waals surface area (Å²) >= 11 is 0. The van der Waals surface area contributed by atoms with Crippen LogP contribution < -0.4 is 10.1 Å². The average molecular weight is 312 g/mol. The zero-order chi connectivity index (χ0) is 16.4. The maximum Gasteiger partial charge on any atom is 0.271 e.